The van der Waals surface area contributed by atoms with Gasteiger partial charge in [0.1, 0.15) is 11.3 Å². The highest BCUT2D eigenvalue weighted by molar-refractivity contribution is 5.93. The maximum Gasteiger partial charge on any atom is 0.274 e. The highest BCUT2D eigenvalue weighted by Gasteiger charge is 2.50. The van der Waals surface area contributed by atoms with Crippen molar-refractivity contribution in [1.82, 2.24) is 24.3 Å². The number of amides is 2. The largest absolute Gasteiger partial charge is 0.380 e. The highest BCUT2D eigenvalue weighted by Crippen LogP contribution is 2.37. The summed E-state index contributed by atoms with van der Waals surface area (Å²) in [5.41, 5.74) is 1.94. The number of carbonyl (C=O) groups excluding carboxylic acids is 2. The number of nitrogens with zero attached hydrogens (tertiary/aromatic N) is 5. The van der Waals surface area contributed by atoms with Gasteiger partial charge in [-0.3, -0.25) is 14.6 Å². The van der Waals surface area contributed by atoms with E-state index in [9.17, 15) is 14.7 Å². The molecule has 1 aliphatic carbocycles. The van der Waals surface area contributed by atoms with Crippen molar-refractivity contribution in [3.05, 3.63) is 48.5 Å². The van der Waals surface area contributed by atoms with E-state index in [2.05, 4.69) is 26.7 Å². The van der Waals surface area contributed by atoms with Crippen LogP contribution in [0.15, 0.2) is 42.9 Å². The Morgan fingerprint density at radius 2 is 1.73 bits per heavy atom. The van der Waals surface area contributed by atoms with Crippen LogP contribution in [0.5, 0.6) is 0 Å². The van der Waals surface area contributed by atoms with Gasteiger partial charge in [0.25, 0.3) is 11.8 Å². The Balaban J connectivity index is 1.26. The van der Waals surface area contributed by atoms with Crippen LogP contribution in [-0.4, -0.2) is 73.0 Å². The van der Waals surface area contributed by atoms with Crippen LogP contribution >= 0.6 is 0 Å². The normalized spacial score (nSPS) is 17.9. The predicted octanol–water partition coefficient (Wildman–Crippen LogP) is 1.44. The molecular formula is C22H23N5O3. The first kappa shape index (κ1) is 18.7. The van der Waals surface area contributed by atoms with Crippen LogP contribution < -0.4 is 0 Å². The molecule has 0 spiro atoms. The number of piperazine rings is 1. The molecule has 3 aromatic rings. The Labute approximate surface area is 173 Å². The van der Waals surface area contributed by atoms with Gasteiger partial charge in [-0.1, -0.05) is 6.07 Å². The molecule has 3 heterocycles. The molecule has 30 heavy (non-hydrogen) atoms. The summed E-state index contributed by atoms with van der Waals surface area (Å²) in [4.78, 5) is 37.1. The second-order valence-corrected chi connectivity index (χ2v) is 8.10. The topological polar surface area (TPSA) is 91.6 Å². The van der Waals surface area contributed by atoms with E-state index in [0.29, 0.717) is 50.4 Å². The fraction of sp³-hybridized carbons (Fsp3) is 0.364. The van der Waals surface area contributed by atoms with Gasteiger partial charge in [0, 0.05) is 55.9 Å². The lowest BCUT2D eigenvalue weighted by Crippen LogP contribution is -2.53. The third kappa shape index (κ3) is 3.23. The lowest BCUT2D eigenvalue weighted by Gasteiger charge is -2.35. The average Bonchev–Trinajstić information content (AvgIpc) is 3.44. The second-order valence-electron chi connectivity index (χ2n) is 8.10. The molecule has 0 atom stereocenters. The van der Waals surface area contributed by atoms with Crippen LogP contribution in [-0.2, 0) is 11.8 Å². The molecule has 1 saturated carbocycles. The SMILES string of the molecule is Cn1ccc2cc(-c3cnc(C(=O)N4CCN(C(=O)C5(O)CC5)CC4)cn3)ccc21. The molecule has 1 N–H and O–H groups in total. The molecule has 2 fully saturated rings. The Kier molecular flexibility index (Phi) is 4.32. The summed E-state index contributed by atoms with van der Waals surface area (Å²) in [5, 5.41) is 11.1. The first-order valence-corrected chi connectivity index (χ1v) is 10.1. The number of hydrogen-bond acceptors (Lipinski definition) is 5. The number of aryl methyl sites for hydroxylation is 1. The zero-order valence-electron chi connectivity index (χ0n) is 16.8. The van der Waals surface area contributed by atoms with E-state index in [1.807, 2.05) is 25.4 Å². The first-order valence-electron chi connectivity index (χ1n) is 10.1. The van der Waals surface area contributed by atoms with E-state index in [-0.39, 0.29) is 11.8 Å². The van der Waals surface area contributed by atoms with Crippen molar-refractivity contribution < 1.29 is 14.7 Å². The molecule has 0 radical (unpaired) electrons. The number of carbonyl (C=O) groups is 2. The maximum atomic E-state index is 12.8. The van der Waals surface area contributed by atoms with Crippen LogP contribution in [0, 0.1) is 0 Å². The van der Waals surface area contributed by atoms with Crippen molar-refractivity contribution >= 4 is 22.7 Å². The number of aliphatic hydroxyl groups is 1. The van der Waals surface area contributed by atoms with E-state index in [1.165, 1.54) is 6.20 Å². The molecular weight excluding hydrogens is 382 g/mol. The van der Waals surface area contributed by atoms with E-state index in [1.54, 1.807) is 16.0 Å². The zero-order chi connectivity index (χ0) is 20.9. The molecule has 0 unspecified atom stereocenters. The molecule has 8 heteroatoms. The van der Waals surface area contributed by atoms with E-state index in [0.717, 1.165) is 16.5 Å². The van der Waals surface area contributed by atoms with Crippen LogP contribution in [0.3, 0.4) is 0 Å². The van der Waals surface area contributed by atoms with Gasteiger partial charge in [-0.05, 0) is 31.0 Å². The van der Waals surface area contributed by atoms with Gasteiger partial charge in [0.05, 0.1) is 18.1 Å². The summed E-state index contributed by atoms with van der Waals surface area (Å²) in [7, 11) is 2.01. The quantitative estimate of drug-likeness (QED) is 0.712. The highest BCUT2D eigenvalue weighted by atomic mass is 16.3. The molecule has 2 aliphatic rings. The molecule has 5 rings (SSSR count). The van der Waals surface area contributed by atoms with Crippen LogP contribution in [0.4, 0.5) is 0 Å². The number of rotatable bonds is 3. The number of benzene rings is 1. The van der Waals surface area contributed by atoms with Crippen molar-refractivity contribution in [2.24, 2.45) is 7.05 Å². The maximum absolute atomic E-state index is 12.8. The molecule has 0 bridgehead atoms. The summed E-state index contributed by atoms with van der Waals surface area (Å²) in [6, 6.07) is 8.16. The van der Waals surface area contributed by atoms with E-state index in [4.69, 9.17) is 0 Å². The van der Waals surface area contributed by atoms with Gasteiger partial charge in [-0.25, -0.2) is 4.98 Å². The molecule has 2 aromatic heterocycles. The van der Waals surface area contributed by atoms with Crippen molar-refractivity contribution in [2.75, 3.05) is 26.2 Å². The Morgan fingerprint density at radius 3 is 2.40 bits per heavy atom. The molecule has 1 aromatic carbocycles. The fourth-order valence-electron chi connectivity index (χ4n) is 3.93. The number of hydrogen-bond donors (Lipinski definition) is 1. The fourth-order valence-corrected chi connectivity index (χ4v) is 3.93. The van der Waals surface area contributed by atoms with Crippen molar-refractivity contribution in [2.45, 2.75) is 18.4 Å². The lowest BCUT2D eigenvalue weighted by molar-refractivity contribution is -0.143. The smallest absolute Gasteiger partial charge is 0.274 e. The summed E-state index contributed by atoms with van der Waals surface area (Å²) in [6.45, 7) is 1.70. The van der Waals surface area contributed by atoms with Gasteiger partial charge in [-0.15, -0.1) is 0 Å². The average molecular weight is 405 g/mol. The van der Waals surface area contributed by atoms with Gasteiger partial charge in [-0.2, -0.15) is 0 Å². The van der Waals surface area contributed by atoms with E-state index >= 15 is 0 Å². The monoisotopic (exact) mass is 405 g/mol. The summed E-state index contributed by atoms with van der Waals surface area (Å²) in [5.74, 6) is -0.404. The Morgan fingerprint density at radius 1 is 1.00 bits per heavy atom. The summed E-state index contributed by atoms with van der Waals surface area (Å²) < 4.78 is 2.06. The Bertz CT molecular complexity index is 1130. The zero-order valence-corrected chi connectivity index (χ0v) is 16.8. The van der Waals surface area contributed by atoms with Crippen molar-refractivity contribution in [3.8, 4) is 11.3 Å². The van der Waals surface area contributed by atoms with Crippen molar-refractivity contribution in [3.63, 3.8) is 0 Å². The number of fused-ring (bicyclic) bond motifs is 1. The van der Waals surface area contributed by atoms with Crippen molar-refractivity contribution in [1.29, 1.82) is 0 Å². The van der Waals surface area contributed by atoms with Crippen LogP contribution in [0.2, 0.25) is 0 Å². The van der Waals surface area contributed by atoms with Gasteiger partial charge >= 0.3 is 0 Å². The van der Waals surface area contributed by atoms with Crippen LogP contribution in [0.1, 0.15) is 23.3 Å². The second kappa shape index (κ2) is 6.91. The summed E-state index contributed by atoms with van der Waals surface area (Å²) in [6.07, 6.45) is 6.21. The third-order valence-electron chi connectivity index (χ3n) is 6.03. The van der Waals surface area contributed by atoms with Gasteiger partial charge < -0.3 is 19.5 Å². The van der Waals surface area contributed by atoms with Gasteiger partial charge in [0.15, 0.2) is 0 Å². The molecule has 1 saturated heterocycles. The molecule has 8 nitrogen and oxygen atoms in total. The predicted molar refractivity (Wildman–Crippen MR) is 111 cm³/mol. The number of aromatic nitrogens is 3. The molecule has 154 valence electrons. The van der Waals surface area contributed by atoms with Gasteiger partial charge in [0.2, 0.25) is 0 Å². The first-order chi connectivity index (χ1) is 14.4. The third-order valence-corrected chi connectivity index (χ3v) is 6.03. The van der Waals surface area contributed by atoms with Crippen LogP contribution in [0.25, 0.3) is 22.2 Å². The minimum absolute atomic E-state index is 0.190. The van der Waals surface area contributed by atoms with E-state index < -0.39 is 5.60 Å². The minimum atomic E-state index is -1.16. The Hall–Kier alpha value is -3.26. The molecule has 1 aliphatic heterocycles. The standard InChI is InChI=1S/C22H23N5O3/c1-25-7-4-16-12-15(2-3-19(16)25)17-13-24-18(14-23-17)20(28)26-8-10-27(11-9-26)21(29)22(30)5-6-22/h2-4,7,12-14,30H,5-6,8-11H2,1H3. The molecule has 2 amide bonds. The minimum Gasteiger partial charge on any atom is -0.380 e. The lowest BCUT2D eigenvalue weighted by atomic mass is 10.1. The summed E-state index contributed by atoms with van der Waals surface area (Å²) >= 11 is 0.